The second kappa shape index (κ2) is 7.40. The molecule has 2 aromatic rings. The minimum atomic E-state index is 0.0318. The van der Waals surface area contributed by atoms with E-state index in [-0.39, 0.29) is 5.91 Å². The number of aromatic nitrogens is 2. The lowest BCUT2D eigenvalue weighted by atomic mass is 10.2. The molecule has 1 aromatic carbocycles. The van der Waals surface area contributed by atoms with E-state index >= 15 is 0 Å². The molecule has 116 valence electrons. The summed E-state index contributed by atoms with van der Waals surface area (Å²) in [6.07, 6.45) is 3.18. The Morgan fingerprint density at radius 1 is 1.27 bits per heavy atom. The average molecular weight is 300 g/mol. The SMILES string of the molecule is CC(=O)N(C)CCNc1cncc(Oc2ccc(C)cc2)n1. The quantitative estimate of drug-likeness (QED) is 0.887. The zero-order valence-electron chi connectivity index (χ0n) is 13.0. The largest absolute Gasteiger partial charge is 0.437 e. The number of aryl methyl sites for hydroxylation is 1. The van der Waals surface area contributed by atoms with Crippen LogP contribution in [0.2, 0.25) is 0 Å². The topological polar surface area (TPSA) is 67.4 Å². The van der Waals surface area contributed by atoms with Gasteiger partial charge in [0.05, 0.1) is 12.4 Å². The van der Waals surface area contributed by atoms with Crippen molar-refractivity contribution in [3.05, 3.63) is 42.2 Å². The van der Waals surface area contributed by atoms with Gasteiger partial charge in [0.15, 0.2) is 0 Å². The molecule has 0 unspecified atom stereocenters. The highest BCUT2D eigenvalue weighted by atomic mass is 16.5. The summed E-state index contributed by atoms with van der Waals surface area (Å²) in [5.41, 5.74) is 1.17. The van der Waals surface area contributed by atoms with Crippen molar-refractivity contribution in [2.75, 3.05) is 25.5 Å². The predicted octanol–water partition coefficient (Wildman–Crippen LogP) is 2.47. The predicted molar refractivity (Wildman–Crippen MR) is 85.1 cm³/mol. The van der Waals surface area contributed by atoms with Crippen molar-refractivity contribution in [3.63, 3.8) is 0 Å². The molecule has 0 spiro atoms. The fraction of sp³-hybridized carbons (Fsp3) is 0.312. The van der Waals surface area contributed by atoms with Crippen LogP contribution in [0.5, 0.6) is 11.6 Å². The molecule has 2 rings (SSSR count). The van der Waals surface area contributed by atoms with E-state index < -0.39 is 0 Å². The Bertz CT molecular complexity index is 628. The lowest BCUT2D eigenvalue weighted by molar-refractivity contribution is -0.127. The summed E-state index contributed by atoms with van der Waals surface area (Å²) in [5.74, 6) is 1.79. The molecule has 0 aliphatic carbocycles. The fourth-order valence-corrected chi connectivity index (χ4v) is 1.72. The minimum absolute atomic E-state index is 0.0318. The van der Waals surface area contributed by atoms with E-state index in [1.54, 1.807) is 24.3 Å². The van der Waals surface area contributed by atoms with Gasteiger partial charge in [-0.2, -0.15) is 4.98 Å². The third-order valence-electron chi connectivity index (χ3n) is 3.15. The van der Waals surface area contributed by atoms with Gasteiger partial charge in [0, 0.05) is 27.1 Å². The van der Waals surface area contributed by atoms with E-state index in [0.29, 0.717) is 30.5 Å². The van der Waals surface area contributed by atoms with Gasteiger partial charge in [-0.25, -0.2) is 0 Å². The van der Waals surface area contributed by atoms with Gasteiger partial charge in [0.25, 0.3) is 0 Å². The van der Waals surface area contributed by atoms with Gasteiger partial charge < -0.3 is 15.0 Å². The molecule has 0 saturated heterocycles. The normalized spacial score (nSPS) is 10.1. The summed E-state index contributed by atoms with van der Waals surface area (Å²) >= 11 is 0. The number of benzene rings is 1. The van der Waals surface area contributed by atoms with Crippen LogP contribution in [0.3, 0.4) is 0 Å². The van der Waals surface area contributed by atoms with Crippen LogP contribution >= 0.6 is 0 Å². The molecule has 1 heterocycles. The van der Waals surface area contributed by atoms with E-state index in [9.17, 15) is 4.79 Å². The van der Waals surface area contributed by atoms with Crippen LogP contribution < -0.4 is 10.1 Å². The Hall–Kier alpha value is -2.63. The number of hydrogen-bond acceptors (Lipinski definition) is 5. The number of nitrogens with one attached hydrogen (secondary N) is 1. The monoisotopic (exact) mass is 300 g/mol. The molecular weight excluding hydrogens is 280 g/mol. The number of rotatable bonds is 6. The lowest BCUT2D eigenvalue weighted by Crippen LogP contribution is -2.29. The van der Waals surface area contributed by atoms with Crippen LogP contribution in [0.25, 0.3) is 0 Å². The second-order valence-electron chi connectivity index (χ2n) is 5.03. The Morgan fingerprint density at radius 3 is 2.68 bits per heavy atom. The van der Waals surface area contributed by atoms with Gasteiger partial charge in [-0.3, -0.25) is 9.78 Å². The Morgan fingerprint density at radius 2 is 2.00 bits per heavy atom. The van der Waals surface area contributed by atoms with E-state index in [4.69, 9.17) is 4.74 Å². The van der Waals surface area contributed by atoms with Crippen molar-refractivity contribution in [2.24, 2.45) is 0 Å². The maximum absolute atomic E-state index is 11.1. The summed E-state index contributed by atoms with van der Waals surface area (Å²) in [7, 11) is 1.76. The smallest absolute Gasteiger partial charge is 0.239 e. The van der Waals surface area contributed by atoms with Crippen molar-refractivity contribution in [3.8, 4) is 11.6 Å². The number of hydrogen-bond donors (Lipinski definition) is 1. The second-order valence-corrected chi connectivity index (χ2v) is 5.03. The van der Waals surface area contributed by atoms with Crippen LogP contribution in [0, 0.1) is 6.92 Å². The average Bonchev–Trinajstić information content (AvgIpc) is 2.50. The summed E-state index contributed by atoms with van der Waals surface area (Å²) in [6, 6.07) is 7.72. The van der Waals surface area contributed by atoms with E-state index in [2.05, 4.69) is 15.3 Å². The zero-order chi connectivity index (χ0) is 15.9. The third kappa shape index (κ3) is 4.73. The van der Waals surface area contributed by atoms with Crippen molar-refractivity contribution in [2.45, 2.75) is 13.8 Å². The Balaban J connectivity index is 1.92. The van der Waals surface area contributed by atoms with Crippen LogP contribution in [-0.2, 0) is 4.79 Å². The van der Waals surface area contributed by atoms with Crippen molar-refractivity contribution in [1.82, 2.24) is 14.9 Å². The van der Waals surface area contributed by atoms with Crippen molar-refractivity contribution in [1.29, 1.82) is 0 Å². The van der Waals surface area contributed by atoms with Gasteiger partial charge >= 0.3 is 0 Å². The molecule has 0 atom stereocenters. The molecule has 22 heavy (non-hydrogen) atoms. The first-order chi connectivity index (χ1) is 10.5. The fourth-order valence-electron chi connectivity index (χ4n) is 1.72. The Labute approximate surface area is 130 Å². The zero-order valence-corrected chi connectivity index (χ0v) is 13.0. The number of nitrogens with zero attached hydrogens (tertiary/aromatic N) is 3. The molecular formula is C16H20N4O2. The van der Waals surface area contributed by atoms with Gasteiger partial charge in [0.2, 0.25) is 11.8 Å². The maximum Gasteiger partial charge on any atom is 0.239 e. The molecule has 1 aromatic heterocycles. The summed E-state index contributed by atoms with van der Waals surface area (Å²) in [4.78, 5) is 21.2. The molecule has 6 heteroatoms. The summed E-state index contributed by atoms with van der Waals surface area (Å²) < 4.78 is 5.66. The molecule has 1 amide bonds. The van der Waals surface area contributed by atoms with E-state index in [1.807, 2.05) is 31.2 Å². The van der Waals surface area contributed by atoms with E-state index in [1.165, 1.54) is 12.5 Å². The molecule has 0 fully saturated rings. The van der Waals surface area contributed by atoms with Gasteiger partial charge in [0.1, 0.15) is 11.6 Å². The molecule has 0 bridgehead atoms. The highest BCUT2D eigenvalue weighted by Gasteiger charge is 2.04. The highest BCUT2D eigenvalue weighted by molar-refractivity contribution is 5.72. The first kappa shape index (κ1) is 15.8. The number of likely N-dealkylation sites (N-methyl/N-ethyl adjacent to an activating group) is 1. The van der Waals surface area contributed by atoms with Crippen LogP contribution in [0.15, 0.2) is 36.7 Å². The summed E-state index contributed by atoms with van der Waals surface area (Å²) in [5, 5.41) is 3.12. The number of carbonyl (C=O) groups excluding carboxylic acids is 1. The molecule has 1 N–H and O–H groups in total. The molecule has 6 nitrogen and oxygen atoms in total. The highest BCUT2D eigenvalue weighted by Crippen LogP contribution is 2.19. The Kier molecular flexibility index (Phi) is 5.30. The maximum atomic E-state index is 11.1. The summed E-state index contributed by atoms with van der Waals surface area (Å²) in [6.45, 7) is 4.75. The molecule has 0 saturated carbocycles. The van der Waals surface area contributed by atoms with Crippen LogP contribution in [-0.4, -0.2) is 40.9 Å². The number of amides is 1. The van der Waals surface area contributed by atoms with Crippen molar-refractivity contribution < 1.29 is 9.53 Å². The standard InChI is InChI=1S/C16H20N4O2/c1-12-4-6-14(7-5-12)22-16-11-17-10-15(19-16)18-8-9-20(3)13(2)21/h4-7,10-11H,8-9H2,1-3H3,(H,18,19). The van der Waals surface area contributed by atoms with Crippen molar-refractivity contribution >= 4 is 11.7 Å². The van der Waals surface area contributed by atoms with Crippen LogP contribution in [0.4, 0.5) is 5.82 Å². The molecule has 0 radical (unpaired) electrons. The van der Waals surface area contributed by atoms with E-state index in [0.717, 1.165) is 0 Å². The van der Waals surface area contributed by atoms with Gasteiger partial charge in [-0.05, 0) is 19.1 Å². The van der Waals surface area contributed by atoms with Crippen LogP contribution in [0.1, 0.15) is 12.5 Å². The van der Waals surface area contributed by atoms with Gasteiger partial charge in [-0.1, -0.05) is 17.7 Å². The van der Waals surface area contributed by atoms with Gasteiger partial charge in [-0.15, -0.1) is 0 Å². The molecule has 0 aliphatic rings. The number of anilines is 1. The number of ether oxygens (including phenoxy) is 1. The number of carbonyl (C=O) groups is 1. The first-order valence-corrected chi connectivity index (χ1v) is 7.07. The third-order valence-corrected chi connectivity index (χ3v) is 3.15. The first-order valence-electron chi connectivity index (χ1n) is 7.07. The lowest BCUT2D eigenvalue weighted by Gasteiger charge is -2.15. The molecule has 0 aliphatic heterocycles. The minimum Gasteiger partial charge on any atom is -0.437 e.